The van der Waals surface area contributed by atoms with E-state index in [-0.39, 0.29) is 18.3 Å². The minimum atomic E-state index is -1.06. The van der Waals surface area contributed by atoms with Crippen molar-refractivity contribution in [1.29, 1.82) is 0 Å². The number of oxime groups is 1. The van der Waals surface area contributed by atoms with E-state index in [1.54, 1.807) is 6.07 Å². The Hall–Kier alpha value is -3.68. The van der Waals surface area contributed by atoms with E-state index in [1.807, 2.05) is 50.9 Å². The Morgan fingerprint density at radius 3 is 2.67 bits per heavy atom. The fraction of sp³-hybridized carbons (Fsp3) is 0.360. The van der Waals surface area contributed by atoms with Crippen LogP contribution in [-0.2, 0) is 4.84 Å². The standard InChI is InChI=1S/C25H30N2O6/c1-6-9-32-26-22(18-7-8-24-23(12-18)27(5)17(4)14-31-24)15-30-20-10-19(25(28)29)11-21(13-20)33-16(2)3/h7-8,10-13,16H,4,6,9,14-15H2,1-3,5H3,(H,28,29)/b26-22+. The van der Waals surface area contributed by atoms with Crippen molar-refractivity contribution in [3.05, 3.63) is 59.8 Å². The summed E-state index contributed by atoms with van der Waals surface area (Å²) in [6, 6.07) is 10.3. The van der Waals surface area contributed by atoms with Crippen molar-refractivity contribution in [3.63, 3.8) is 0 Å². The Bertz CT molecular complexity index is 1050. The van der Waals surface area contributed by atoms with E-state index in [1.165, 1.54) is 12.1 Å². The van der Waals surface area contributed by atoms with Crippen molar-refractivity contribution in [3.8, 4) is 17.2 Å². The van der Waals surface area contributed by atoms with Gasteiger partial charge in [0.05, 0.1) is 17.4 Å². The minimum Gasteiger partial charge on any atom is -0.491 e. The van der Waals surface area contributed by atoms with E-state index in [4.69, 9.17) is 19.0 Å². The van der Waals surface area contributed by atoms with Crippen LogP contribution in [0.15, 0.2) is 53.8 Å². The molecule has 0 saturated heterocycles. The average molecular weight is 455 g/mol. The highest BCUT2D eigenvalue weighted by Crippen LogP contribution is 2.35. The molecule has 0 aliphatic carbocycles. The molecule has 3 rings (SSSR count). The fourth-order valence-electron chi connectivity index (χ4n) is 3.16. The number of ether oxygens (including phenoxy) is 3. The Labute approximate surface area is 194 Å². The second-order valence-electron chi connectivity index (χ2n) is 7.92. The Balaban J connectivity index is 1.88. The van der Waals surface area contributed by atoms with E-state index >= 15 is 0 Å². The molecule has 176 valence electrons. The zero-order chi connectivity index (χ0) is 24.0. The molecule has 1 N–H and O–H groups in total. The van der Waals surface area contributed by atoms with Gasteiger partial charge in [0.25, 0.3) is 0 Å². The number of likely N-dealkylation sites (N-methyl/N-ethyl adjacent to an activating group) is 1. The molecule has 1 heterocycles. The van der Waals surface area contributed by atoms with Gasteiger partial charge in [-0.05, 0) is 50.6 Å². The van der Waals surface area contributed by atoms with Gasteiger partial charge in [0.15, 0.2) is 0 Å². The third kappa shape index (κ3) is 6.19. The first-order chi connectivity index (χ1) is 15.8. The topological polar surface area (TPSA) is 89.8 Å². The molecule has 0 radical (unpaired) electrons. The lowest BCUT2D eigenvalue weighted by atomic mass is 10.1. The Morgan fingerprint density at radius 2 is 1.97 bits per heavy atom. The van der Waals surface area contributed by atoms with Gasteiger partial charge < -0.3 is 29.1 Å². The van der Waals surface area contributed by atoms with E-state index in [2.05, 4.69) is 11.7 Å². The maximum absolute atomic E-state index is 11.5. The van der Waals surface area contributed by atoms with E-state index in [0.717, 1.165) is 29.1 Å². The summed E-state index contributed by atoms with van der Waals surface area (Å²) in [5.74, 6) is 0.479. The number of benzene rings is 2. The van der Waals surface area contributed by atoms with Gasteiger partial charge in [0.1, 0.15) is 42.8 Å². The van der Waals surface area contributed by atoms with Crippen molar-refractivity contribution in [1.82, 2.24) is 0 Å². The van der Waals surface area contributed by atoms with Crippen LogP contribution in [0.5, 0.6) is 17.2 Å². The third-order valence-corrected chi connectivity index (χ3v) is 4.87. The van der Waals surface area contributed by atoms with Crippen LogP contribution in [0, 0.1) is 0 Å². The van der Waals surface area contributed by atoms with Gasteiger partial charge in [-0.25, -0.2) is 4.79 Å². The predicted octanol–water partition coefficient (Wildman–Crippen LogP) is 4.72. The van der Waals surface area contributed by atoms with Gasteiger partial charge in [-0.15, -0.1) is 0 Å². The van der Waals surface area contributed by atoms with Gasteiger partial charge in [0, 0.05) is 24.4 Å². The molecule has 0 unspecified atom stereocenters. The van der Waals surface area contributed by atoms with Crippen LogP contribution in [0.1, 0.15) is 43.1 Å². The lowest BCUT2D eigenvalue weighted by Gasteiger charge is -2.30. The highest BCUT2D eigenvalue weighted by atomic mass is 16.6. The van der Waals surface area contributed by atoms with E-state index in [0.29, 0.717) is 30.4 Å². The second kappa shape index (κ2) is 10.8. The summed E-state index contributed by atoms with van der Waals surface area (Å²) in [4.78, 5) is 19.0. The molecule has 0 amide bonds. The second-order valence-corrected chi connectivity index (χ2v) is 7.92. The van der Waals surface area contributed by atoms with Gasteiger partial charge in [0.2, 0.25) is 0 Å². The number of aromatic carboxylic acids is 1. The quantitative estimate of drug-likeness (QED) is 0.315. The van der Waals surface area contributed by atoms with Crippen molar-refractivity contribution < 1.29 is 28.9 Å². The summed E-state index contributed by atoms with van der Waals surface area (Å²) in [6.07, 6.45) is 0.709. The summed E-state index contributed by atoms with van der Waals surface area (Å²) in [5.41, 5.74) is 3.15. The number of hydrogen-bond acceptors (Lipinski definition) is 7. The molecule has 0 spiro atoms. The van der Waals surface area contributed by atoms with Crippen molar-refractivity contribution in [2.75, 3.05) is 31.8 Å². The van der Waals surface area contributed by atoms with Gasteiger partial charge >= 0.3 is 5.97 Å². The maximum atomic E-state index is 11.5. The molecule has 2 aromatic rings. The first-order valence-corrected chi connectivity index (χ1v) is 10.8. The number of anilines is 1. The highest BCUT2D eigenvalue weighted by molar-refractivity contribution is 6.02. The minimum absolute atomic E-state index is 0.0677. The lowest BCUT2D eigenvalue weighted by molar-refractivity contribution is 0.0695. The molecule has 0 saturated carbocycles. The first kappa shape index (κ1) is 24.0. The van der Waals surface area contributed by atoms with Gasteiger partial charge in [-0.1, -0.05) is 18.7 Å². The van der Waals surface area contributed by atoms with Crippen molar-refractivity contribution in [2.45, 2.75) is 33.3 Å². The normalized spacial score (nSPS) is 13.4. The van der Waals surface area contributed by atoms with Gasteiger partial charge in [-0.2, -0.15) is 0 Å². The Morgan fingerprint density at radius 1 is 1.21 bits per heavy atom. The zero-order valence-electron chi connectivity index (χ0n) is 19.5. The van der Waals surface area contributed by atoms with Gasteiger partial charge in [-0.3, -0.25) is 0 Å². The summed E-state index contributed by atoms with van der Waals surface area (Å²) in [6.45, 7) is 10.7. The molecule has 8 nitrogen and oxygen atoms in total. The largest absolute Gasteiger partial charge is 0.491 e. The monoisotopic (exact) mass is 454 g/mol. The molecule has 1 aliphatic rings. The number of rotatable bonds is 10. The van der Waals surface area contributed by atoms with Crippen molar-refractivity contribution in [2.24, 2.45) is 5.16 Å². The summed E-state index contributed by atoms with van der Waals surface area (Å²) in [7, 11) is 1.93. The Kier molecular flexibility index (Phi) is 7.82. The molecule has 0 fully saturated rings. The van der Waals surface area contributed by atoms with Crippen LogP contribution in [-0.4, -0.2) is 49.8 Å². The van der Waals surface area contributed by atoms with E-state index in [9.17, 15) is 9.90 Å². The summed E-state index contributed by atoms with van der Waals surface area (Å²) >= 11 is 0. The summed E-state index contributed by atoms with van der Waals surface area (Å²) < 4.78 is 17.4. The molecule has 0 aromatic heterocycles. The highest BCUT2D eigenvalue weighted by Gasteiger charge is 2.20. The molecular weight excluding hydrogens is 424 g/mol. The van der Waals surface area contributed by atoms with Crippen LogP contribution in [0.3, 0.4) is 0 Å². The number of carbonyl (C=O) groups is 1. The molecule has 8 heteroatoms. The number of hydrogen-bond donors (Lipinski definition) is 1. The summed E-state index contributed by atoms with van der Waals surface area (Å²) in [5, 5.41) is 13.7. The molecular formula is C25H30N2O6. The lowest BCUT2D eigenvalue weighted by Crippen LogP contribution is -2.26. The van der Waals surface area contributed by atoms with Crippen LogP contribution in [0.4, 0.5) is 5.69 Å². The van der Waals surface area contributed by atoms with E-state index < -0.39 is 5.97 Å². The smallest absolute Gasteiger partial charge is 0.335 e. The fourth-order valence-corrected chi connectivity index (χ4v) is 3.16. The number of nitrogens with zero attached hydrogens (tertiary/aromatic N) is 2. The van der Waals surface area contributed by atoms with Crippen LogP contribution >= 0.6 is 0 Å². The third-order valence-electron chi connectivity index (χ3n) is 4.87. The molecule has 0 atom stereocenters. The van der Waals surface area contributed by atoms with Crippen LogP contribution in [0.25, 0.3) is 0 Å². The van der Waals surface area contributed by atoms with Crippen LogP contribution < -0.4 is 19.1 Å². The van der Waals surface area contributed by atoms with Crippen molar-refractivity contribution >= 4 is 17.4 Å². The molecule has 0 bridgehead atoms. The first-order valence-electron chi connectivity index (χ1n) is 10.8. The predicted molar refractivity (Wildman–Crippen MR) is 127 cm³/mol. The number of carboxylic acids is 1. The average Bonchev–Trinajstić information content (AvgIpc) is 2.78. The zero-order valence-corrected chi connectivity index (χ0v) is 19.5. The molecule has 1 aliphatic heterocycles. The number of fused-ring (bicyclic) bond motifs is 1. The molecule has 33 heavy (non-hydrogen) atoms. The SMILES string of the molecule is C=C1COc2ccc(/C(COc3cc(OC(C)C)cc(C(=O)O)c3)=N/OCCC)cc2N1C. The molecule has 2 aromatic carbocycles. The number of carboxylic acid groups (broad SMARTS) is 1. The van der Waals surface area contributed by atoms with Crippen LogP contribution in [0.2, 0.25) is 0 Å². The maximum Gasteiger partial charge on any atom is 0.335 e.